The van der Waals surface area contributed by atoms with Crippen LogP contribution in [0.1, 0.15) is 46.5 Å². The van der Waals surface area contributed by atoms with Gasteiger partial charge in [-0.05, 0) is 19.8 Å². The van der Waals surface area contributed by atoms with Crippen molar-refractivity contribution in [2.45, 2.75) is 52.1 Å². The van der Waals surface area contributed by atoms with Crippen LogP contribution in [-0.2, 0) is 4.65 Å². The van der Waals surface area contributed by atoms with E-state index in [9.17, 15) is 0 Å². The summed E-state index contributed by atoms with van der Waals surface area (Å²) >= 11 is 0. The normalized spacial score (nSPS) is 11.9. The number of hydrogen-bond acceptors (Lipinski definition) is 1. The molecule has 0 bridgehead atoms. The third kappa shape index (κ3) is 3.26. The molecule has 0 heterocycles. The Labute approximate surface area is 65.6 Å². The van der Waals surface area contributed by atoms with Gasteiger partial charge in [-0.15, -0.1) is 0 Å². The Bertz CT molecular complexity index is 77.3. The van der Waals surface area contributed by atoms with Crippen LogP contribution in [-0.4, -0.2) is 13.7 Å². The van der Waals surface area contributed by atoms with E-state index >= 15 is 0 Å². The van der Waals surface area contributed by atoms with Crippen LogP contribution in [0.25, 0.3) is 0 Å². The van der Waals surface area contributed by atoms with Crippen molar-refractivity contribution >= 4 is 8.05 Å². The van der Waals surface area contributed by atoms with Gasteiger partial charge >= 0.3 is 0 Å². The summed E-state index contributed by atoms with van der Waals surface area (Å²) in [5.41, 5.74) is 0.142. The second-order valence-electron chi connectivity index (χ2n) is 3.15. The van der Waals surface area contributed by atoms with Gasteiger partial charge in [-0.25, -0.2) is 0 Å². The van der Waals surface area contributed by atoms with E-state index in [0.717, 1.165) is 0 Å². The highest BCUT2D eigenvalue weighted by Crippen LogP contribution is 2.21. The van der Waals surface area contributed by atoms with Crippen molar-refractivity contribution in [2.75, 3.05) is 0 Å². The first-order valence-corrected chi connectivity index (χ1v) is 4.23. The lowest BCUT2D eigenvalue weighted by Crippen LogP contribution is -2.27. The fourth-order valence-corrected chi connectivity index (χ4v) is 1.39. The molecule has 0 aliphatic rings. The topological polar surface area (TPSA) is 9.23 Å². The fourth-order valence-electron chi connectivity index (χ4n) is 1.39. The molecule has 0 radical (unpaired) electrons. The van der Waals surface area contributed by atoms with E-state index in [4.69, 9.17) is 4.65 Å². The highest BCUT2D eigenvalue weighted by atomic mass is 16.4. The van der Waals surface area contributed by atoms with E-state index in [1.54, 1.807) is 0 Å². The van der Waals surface area contributed by atoms with E-state index in [0.29, 0.717) is 0 Å². The minimum Gasteiger partial charge on any atom is -0.439 e. The molecular formula is C8H19BO. The van der Waals surface area contributed by atoms with Crippen LogP contribution < -0.4 is 0 Å². The maximum absolute atomic E-state index is 5.42. The summed E-state index contributed by atoms with van der Waals surface area (Å²) in [4.78, 5) is 0. The van der Waals surface area contributed by atoms with E-state index in [-0.39, 0.29) is 5.60 Å². The molecule has 0 aromatic heterocycles. The van der Waals surface area contributed by atoms with Gasteiger partial charge in [-0.1, -0.05) is 26.7 Å². The highest BCUT2D eigenvalue weighted by molar-refractivity contribution is 5.98. The van der Waals surface area contributed by atoms with Crippen LogP contribution in [0.3, 0.4) is 0 Å². The molecule has 0 saturated carbocycles. The Kier molecular flexibility index (Phi) is 4.79. The molecule has 60 valence electrons. The van der Waals surface area contributed by atoms with Gasteiger partial charge in [-0.3, -0.25) is 0 Å². The Morgan fingerprint density at radius 3 is 1.80 bits per heavy atom. The first-order chi connectivity index (χ1) is 4.68. The molecule has 0 aliphatic carbocycles. The second-order valence-corrected chi connectivity index (χ2v) is 3.15. The summed E-state index contributed by atoms with van der Waals surface area (Å²) < 4.78 is 5.42. The Morgan fingerprint density at radius 2 is 1.60 bits per heavy atom. The van der Waals surface area contributed by atoms with Gasteiger partial charge in [0, 0.05) is 5.60 Å². The molecule has 0 N–H and O–H groups in total. The molecule has 1 nitrogen and oxygen atoms in total. The summed E-state index contributed by atoms with van der Waals surface area (Å²) in [6.07, 6.45) is 4.78. The smallest absolute Gasteiger partial charge is 0.258 e. The lowest BCUT2D eigenvalue weighted by molar-refractivity contribution is 0.0792. The SMILES string of the molecule is BOC(C)(CCC)CCC. The largest absolute Gasteiger partial charge is 0.439 e. The first kappa shape index (κ1) is 10.0. The molecule has 0 amide bonds. The Morgan fingerprint density at radius 1 is 1.20 bits per heavy atom. The molecule has 0 fully saturated rings. The van der Waals surface area contributed by atoms with Crippen LogP contribution in [0.2, 0.25) is 0 Å². The van der Waals surface area contributed by atoms with E-state index in [2.05, 4.69) is 20.8 Å². The summed E-state index contributed by atoms with van der Waals surface area (Å²) in [5, 5.41) is 0. The van der Waals surface area contributed by atoms with Crippen LogP contribution in [0, 0.1) is 0 Å². The van der Waals surface area contributed by atoms with Crippen LogP contribution in [0.15, 0.2) is 0 Å². The summed E-state index contributed by atoms with van der Waals surface area (Å²) in [5.74, 6) is 0. The molecule has 10 heavy (non-hydrogen) atoms. The maximum Gasteiger partial charge on any atom is 0.258 e. The summed E-state index contributed by atoms with van der Waals surface area (Å²) in [7, 11) is 1.81. The second kappa shape index (κ2) is 4.78. The zero-order valence-corrected chi connectivity index (χ0v) is 7.74. The van der Waals surface area contributed by atoms with Crippen molar-refractivity contribution < 1.29 is 4.65 Å². The van der Waals surface area contributed by atoms with Crippen molar-refractivity contribution in [3.8, 4) is 0 Å². The van der Waals surface area contributed by atoms with Gasteiger partial charge in [0.25, 0.3) is 8.05 Å². The average Bonchev–Trinajstić information content (AvgIpc) is 1.89. The van der Waals surface area contributed by atoms with Gasteiger partial charge in [0.15, 0.2) is 0 Å². The maximum atomic E-state index is 5.42. The molecule has 0 unspecified atom stereocenters. The average molecular weight is 142 g/mol. The molecule has 0 spiro atoms. The Hall–Kier alpha value is 0.0249. The van der Waals surface area contributed by atoms with E-state index in [1.807, 2.05) is 8.05 Å². The standard InChI is InChI=1S/C8H19BO/c1-4-6-8(3,10-9)7-5-2/h4-7,9H2,1-3H3. The molecule has 0 atom stereocenters. The third-order valence-corrected chi connectivity index (χ3v) is 2.05. The predicted octanol–water partition coefficient (Wildman–Crippen LogP) is 1.91. The fraction of sp³-hybridized carbons (Fsp3) is 1.00. The number of rotatable bonds is 5. The molecule has 0 rings (SSSR count). The number of hydrogen-bond donors (Lipinski definition) is 0. The summed E-state index contributed by atoms with van der Waals surface area (Å²) in [6.45, 7) is 6.60. The van der Waals surface area contributed by atoms with Crippen LogP contribution in [0.4, 0.5) is 0 Å². The van der Waals surface area contributed by atoms with Crippen molar-refractivity contribution in [3.05, 3.63) is 0 Å². The minimum absolute atomic E-state index is 0.142. The van der Waals surface area contributed by atoms with Crippen molar-refractivity contribution in [2.24, 2.45) is 0 Å². The molecule has 0 aromatic rings. The van der Waals surface area contributed by atoms with Gasteiger partial charge < -0.3 is 4.65 Å². The molecule has 0 aromatic carbocycles. The highest BCUT2D eigenvalue weighted by Gasteiger charge is 2.19. The zero-order chi connectivity index (χ0) is 8.04. The van der Waals surface area contributed by atoms with Crippen LogP contribution >= 0.6 is 0 Å². The Balaban J connectivity index is 3.69. The molecule has 0 aliphatic heterocycles. The van der Waals surface area contributed by atoms with Crippen LogP contribution in [0.5, 0.6) is 0 Å². The summed E-state index contributed by atoms with van der Waals surface area (Å²) in [6, 6.07) is 0. The quantitative estimate of drug-likeness (QED) is 0.532. The zero-order valence-electron chi connectivity index (χ0n) is 7.74. The predicted molar refractivity (Wildman–Crippen MR) is 47.9 cm³/mol. The molecule has 2 heteroatoms. The van der Waals surface area contributed by atoms with Gasteiger partial charge in [0.05, 0.1) is 0 Å². The van der Waals surface area contributed by atoms with Crippen molar-refractivity contribution in [1.29, 1.82) is 0 Å². The molecular weight excluding hydrogens is 123 g/mol. The lowest BCUT2D eigenvalue weighted by Gasteiger charge is -2.28. The van der Waals surface area contributed by atoms with Crippen molar-refractivity contribution in [3.63, 3.8) is 0 Å². The van der Waals surface area contributed by atoms with Gasteiger partial charge in [0.1, 0.15) is 0 Å². The lowest BCUT2D eigenvalue weighted by atomic mass is 9.94. The van der Waals surface area contributed by atoms with E-state index < -0.39 is 0 Å². The van der Waals surface area contributed by atoms with E-state index in [1.165, 1.54) is 25.7 Å². The molecule has 0 saturated heterocycles. The minimum atomic E-state index is 0.142. The first-order valence-electron chi connectivity index (χ1n) is 4.23. The third-order valence-electron chi connectivity index (χ3n) is 2.05. The van der Waals surface area contributed by atoms with Crippen molar-refractivity contribution in [1.82, 2.24) is 0 Å². The monoisotopic (exact) mass is 142 g/mol. The van der Waals surface area contributed by atoms with Gasteiger partial charge in [-0.2, -0.15) is 0 Å². The van der Waals surface area contributed by atoms with Gasteiger partial charge in [0.2, 0.25) is 0 Å².